The summed E-state index contributed by atoms with van der Waals surface area (Å²) in [5.74, 6) is -0.751. The Morgan fingerprint density at radius 3 is 2.68 bits per heavy atom. The zero-order chi connectivity index (χ0) is 14.4. The molecule has 1 aliphatic rings. The summed E-state index contributed by atoms with van der Waals surface area (Å²) < 4.78 is 4.96. The van der Waals surface area contributed by atoms with E-state index in [1.807, 2.05) is 0 Å². The van der Waals surface area contributed by atoms with E-state index in [4.69, 9.17) is 4.74 Å². The quantitative estimate of drug-likeness (QED) is 0.550. The number of thiol groups is 1. The van der Waals surface area contributed by atoms with Crippen LogP contribution in [0.25, 0.3) is 0 Å². The fourth-order valence-electron chi connectivity index (χ4n) is 2.14. The van der Waals surface area contributed by atoms with Gasteiger partial charge in [0.15, 0.2) is 0 Å². The molecule has 2 atom stereocenters. The first-order chi connectivity index (χ1) is 9.01. The van der Waals surface area contributed by atoms with Crippen LogP contribution in [0.5, 0.6) is 0 Å². The van der Waals surface area contributed by atoms with Gasteiger partial charge in [-0.3, -0.25) is 9.59 Å². The molecule has 19 heavy (non-hydrogen) atoms. The molecule has 7 heteroatoms. The third-order valence-corrected chi connectivity index (χ3v) is 3.32. The van der Waals surface area contributed by atoms with Gasteiger partial charge in [0.05, 0.1) is 6.61 Å². The van der Waals surface area contributed by atoms with E-state index in [1.54, 1.807) is 6.92 Å². The van der Waals surface area contributed by atoms with Crippen molar-refractivity contribution in [3.8, 4) is 0 Å². The van der Waals surface area contributed by atoms with Crippen LogP contribution >= 0.6 is 12.6 Å². The van der Waals surface area contributed by atoms with E-state index in [2.05, 4.69) is 17.9 Å². The summed E-state index contributed by atoms with van der Waals surface area (Å²) in [6, 6.07) is -1.24. The summed E-state index contributed by atoms with van der Waals surface area (Å²) in [7, 11) is 0. The molecule has 2 amide bonds. The number of hydrogen-bond acceptors (Lipinski definition) is 5. The Morgan fingerprint density at radius 2 is 2.16 bits per heavy atom. The smallest absolute Gasteiger partial charge is 0.328 e. The molecule has 0 aromatic rings. The number of carbonyl (C=O) groups excluding carboxylic acids is 3. The largest absolute Gasteiger partial charge is 0.464 e. The number of amides is 2. The number of ether oxygens (including phenoxy) is 1. The standard InChI is InChI=1S/C12H20N2O4S/c1-3-18-12(17)10-5-4-6-14(10)11(16)9(7-19)13-8(2)15/h9-10,19H,3-7H2,1-2H3,(H,13,15)/t9?,10-/m0/s1. The first-order valence-electron chi connectivity index (χ1n) is 6.36. The van der Waals surface area contributed by atoms with Gasteiger partial charge in [-0.1, -0.05) is 0 Å². The minimum Gasteiger partial charge on any atom is -0.464 e. The van der Waals surface area contributed by atoms with Gasteiger partial charge in [0.1, 0.15) is 12.1 Å². The molecular weight excluding hydrogens is 268 g/mol. The Kier molecular flexibility index (Phi) is 6.14. The average Bonchev–Trinajstić information content (AvgIpc) is 2.84. The molecule has 1 saturated heterocycles. The predicted molar refractivity (Wildman–Crippen MR) is 72.8 cm³/mol. The zero-order valence-electron chi connectivity index (χ0n) is 11.2. The summed E-state index contributed by atoms with van der Waals surface area (Å²) in [6.45, 7) is 3.87. The van der Waals surface area contributed by atoms with Crippen LogP contribution < -0.4 is 5.32 Å². The van der Waals surface area contributed by atoms with Crippen molar-refractivity contribution < 1.29 is 19.1 Å². The van der Waals surface area contributed by atoms with Gasteiger partial charge >= 0.3 is 5.97 Å². The molecule has 108 valence electrons. The van der Waals surface area contributed by atoms with Gasteiger partial charge < -0.3 is 15.0 Å². The molecule has 0 bridgehead atoms. The van der Waals surface area contributed by atoms with Crippen LogP contribution in [0, 0.1) is 0 Å². The Bertz CT molecular complexity index is 362. The lowest BCUT2D eigenvalue weighted by Gasteiger charge is -2.27. The zero-order valence-corrected chi connectivity index (χ0v) is 12.1. The van der Waals surface area contributed by atoms with Crippen molar-refractivity contribution in [2.75, 3.05) is 18.9 Å². The summed E-state index contributed by atoms with van der Waals surface area (Å²) >= 11 is 4.07. The Labute approximate surface area is 118 Å². The number of nitrogens with zero attached hydrogens (tertiary/aromatic N) is 1. The van der Waals surface area contributed by atoms with Gasteiger partial charge in [0.25, 0.3) is 0 Å². The fraction of sp³-hybridized carbons (Fsp3) is 0.750. The first-order valence-corrected chi connectivity index (χ1v) is 6.99. The van der Waals surface area contributed by atoms with Gasteiger partial charge in [0, 0.05) is 19.2 Å². The topological polar surface area (TPSA) is 75.7 Å². The third-order valence-electron chi connectivity index (χ3n) is 2.95. The SMILES string of the molecule is CCOC(=O)[C@@H]1CCCN1C(=O)C(CS)NC(C)=O. The van der Waals surface area contributed by atoms with Crippen LogP contribution in [0.3, 0.4) is 0 Å². The van der Waals surface area contributed by atoms with Crippen LogP contribution in [-0.4, -0.2) is 53.7 Å². The Hall–Kier alpha value is -1.24. The number of carbonyl (C=O) groups is 3. The minimum absolute atomic E-state index is 0.199. The van der Waals surface area contributed by atoms with E-state index in [0.29, 0.717) is 19.6 Å². The highest BCUT2D eigenvalue weighted by molar-refractivity contribution is 7.80. The number of rotatable bonds is 5. The lowest BCUT2D eigenvalue weighted by molar-refractivity contribution is -0.153. The van der Waals surface area contributed by atoms with Gasteiger partial charge in [-0.05, 0) is 19.8 Å². The van der Waals surface area contributed by atoms with Crippen LogP contribution in [-0.2, 0) is 19.1 Å². The third kappa shape index (κ3) is 4.12. The minimum atomic E-state index is -0.698. The van der Waals surface area contributed by atoms with Crippen molar-refractivity contribution in [3.05, 3.63) is 0 Å². The van der Waals surface area contributed by atoms with E-state index in [-0.39, 0.29) is 23.5 Å². The first kappa shape index (κ1) is 15.8. The molecule has 0 aromatic carbocycles. The summed E-state index contributed by atoms with van der Waals surface area (Å²) in [4.78, 5) is 36.6. The Balaban J connectivity index is 2.73. The molecule has 0 saturated carbocycles. The van der Waals surface area contributed by atoms with Crippen molar-refractivity contribution in [1.82, 2.24) is 10.2 Å². The van der Waals surface area contributed by atoms with Crippen molar-refractivity contribution in [2.24, 2.45) is 0 Å². The van der Waals surface area contributed by atoms with E-state index < -0.39 is 12.1 Å². The van der Waals surface area contributed by atoms with Crippen LogP contribution in [0.15, 0.2) is 0 Å². The fourth-order valence-corrected chi connectivity index (χ4v) is 2.39. The highest BCUT2D eigenvalue weighted by Crippen LogP contribution is 2.19. The normalized spacial score (nSPS) is 19.9. The number of nitrogens with one attached hydrogen (secondary N) is 1. The number of esters is 1. The second-order valence-corrected chi connectivity index (χ2v) is 4.74. The van der Waals surface area contributed by atoms with Crippen LogP contribution in [0.2, 0.25) is 0 Å². The van der Waals surface area contributed by atoms with Crippen molar-refractivity contribution in [2.45, 2.75) is 38.8 Å². The molecular formula is C12H20N2O4S. The molecule has 0 radical (unpaired) electrons. The Morgan fingerprint density at radius 1 is 1.47 bits per heavy atom. The second-order valence-electron chi connectivity index (χ2n) is 4.38. The second kappa shape index (κ2) is 7.37. The average molecular weight is 288 g/mol. The molecule has 1 N–H and O–H groups in total. The highest BCUT2D eigenvalue weighted by atomic mass is 32.1. The summed E-state index contributed by atoms with van der Waals surface area (Å²) in [6.07, 6.45) is 1.36. The lowest BCUT2D eigenvalue weighted by atomic mass is 10.2. The maximum Gasteiger partial charge on any atom is 0.328 e. The van der Waals surface area contributed by atoms with Crippen LogP contribution in [0.4, 0.5) is 0 Å². The molecule has 1 heterocycles. The molecule has 1 rings (SSSR count). The summed E-state index contributed by atoms with van der Waals surface area (Å²) in [5, 5.41) is 2.54. The van der Waals surface area contributed by atoms with Crippen molar-refractivity contribution in [3.63, 3.8) is 0 Å². The molecule has 1 unspecified atom stereocenters. The van der Waals surface area contributed by atoms with Gasteiger partial charge in [-0.15, -0.1) is 0 Å². The highest BCUT2D eigenvalue weighted by Gasteiger charge is 2.37. The van der Waals surface area contributed by atoms with E-state index >= 15 is 0 Å². The molecule has 1 aliphatic heterocycles. The van der Waals surface area contributed by atoms with Gasteiger partial charge in [-0.2, -0.15) is 12.6 Å². The monoisotopic (exact) mass is 288 g/mol. The predicted octanol–water partition coefficient (Wildman–Crippen LogP) is -0.0250. The molecule has 1 fully saturated rings. The van der Waals surface area contributed by atoms with Crippen LogP contribution in [0.1, 0.15) is 26.7 Å². The molecule has 0 spiro atoms. The summed E-state index contributed by atoms with van der Waals surface area (Å²) in [5.41, 5.74) is 0. The van der Waals surface area contributed by atoms with Crippen molar-refractivity contribution in [1.29, 1.82) is 0 Å². The molecule has 6 nitrogen and oxygen atoms in total. The number of likely N-dealkylation sites (tertiary alicyclic amines) is 1. The van der Waals surface area contributed by atoms with E-state index in [0.717, 1.165) is 6.42 Å². The van der Waals surface area contributed by atoms with Gasteiger partial charge in [-0.25, -0.2) is 4.79 Å². The van der Waals surface area contributed by atoms with E-state index in [1.165, 1.54) is 11.8 Å². The molecule has 0 aromatic heterocycles. The van der Waals surface area contributed by atoms with Crippen molar-refractivity contribution >= 4 is 30.4 Å². The number of hydrogen-bond donors (Lipinski definition) is 2. The lowest BCUT2D eigenvalue weighted by Crippen LogP contribution is -2.52. The van der Waals surface area contributed by atoms with Gasteiger partial charge in [0.2, 0.25) is 11.8 Å². The maximum absolute atomic E-state index is 12.3. The maximum atomic E-state index is 12.3. The molecule has 0 aliphatic carbocycles. The van der Waals surface area contributed by atoms with E-state index in [9.17, 15) is 14.4 Å².